The van der Waals surface area contributed by atoms with E-state index in [9.17, 15) is 0 Å². The van der Waals surface area contributed by atoms with E-state index in [1.165, 1.54) is 18.0 Å². The molecule has 0 fully saturated rings. The normalized spacial score (nSPS) is 10.1. The summed E-state index contributed by atoms with van der Waals surface area (Å²) in [6, 6.07) is 0. The number of anilines is 1. The molecule has 0 aliphatic heterocycles. The van der Waals surface area contributed by atoms with Crippen molar-refractivity contribution in [2.45, 2.75) is 18.5 Å². The fourth-order valence-corrected chi connectivity index (χ4v) is 1.66. The molecule has 0 atom stereocenters. The summed E-state index contributed by atoms with van der Waals surface area (Å²) in [5.74, 6) is 0.635. The van der Waals surface area contributed by atoms with Gasteiger partial charge in [-0.3, -0.25) is 0 Å². The van der Waals surface area contributed by atoms with Crippen LogP contribution in [0.15, 0.2) is 5.16 Å². The van der Waals surface area contributed by atoms with Crippen LogP contribution in [0.3, 0.4) is 0 Å². The summed E-state index contributed by atoms with van der Waals surface area (Å²) in [5, 5.41) is 11.3. The molecule has 0 aliphatic carbocycles. The molecule has 0 unspecified atom stereocenters. The Morgan fingerprint density at radius 2 is 2.27 bits per heavy atom. The van der Waals surface area contributed by atoms with E-state index in [1.54, 1.807) is 0 Å². The minimum absolute atomic E-state index is 0.322. The zero-order valence-corrected chi connectivity index (χ0v) is 10.2. The lowest BCUT2D eigenvalue weighted by Gasteiger charge is -2.09. The van der Waals surface area contributed by atoms with Crippen LogP contribution in [0.2, 0.25) is 5.15 Å². The van der Waals surface area contributed by atoms with Crippen molar-refractivity contribution in [2.24, 2.45) is 0 Å². The second-order valence-corrected chi connectivity index (χ2v) is 3.97. The van der Waals surface area contributed by atoms with Crippen LogP contribution in [-0.2, 0) is 0 Å². The zero-order valence-electron chi connectivity index (χ0n) is 8.67. The Morgan fingerprint density at radius 1 is 1.53 bits per heavy atom. The topological polar surface area (TPSA) is 61.7 Å². The lowest BCUT2D eigenvalue weighted by molar-refractivity contribution is 0.924. The molecule has 82 valence electrons. The molecule has 0 radical (unpaired) electrons. The van der Waals surface area contributed by atoms with Crippen molar-refractivity contribution in [3.8, 4) is 0 Å². The van der Waals surface area contributed by atoms with Crippen molar-refractivity contribution in [2.75, 3.05) is 18.1 Å². The summed E-state index contributed by atoms with van der Waals surface area (Å²) in [6.07, 6.45) is 4.05. The molecule has 1 aromatic heterocycles. The second kappa shape index (κ2) is 5.92. The third-order valence-electron chi connectivity index (χ3n) is 1.75. The van der Waals surface area contributed by atoms with Gasteiger partial charge in [-0.25, -0.2) is 9.97 Å². The highest BCUT2D eigenvalue weighted by Crippen LogP contribution is 2.22. The molecule has 0 amide bonds. The van der Waals surface area contributed by atoms with Crippen LogP contribution in [-0.4, -0.2) is 29.0 Å². The first-order valence-electron chi connectivity index (χ1n) is 4.58. The zero-order chi connectivity index (χ0) is 11.3. The third-order valence-corrected chi connectivity index (χ3v) is 2.58. The maximum atomic E-state index is 7.25. The number of halogens is 1. The predicted octanol–water partition coefficient (Wildman–Crippen LogP) is 2.67. The second-order valence-electron chi connectivity index (χ2n) is 2.83. The van der Waals surface area contributed by atoms with Gasteiger partial charge >= 0.3 is 0 Å². The highest BCUT2D eigenvalue weighted by atomic mass is 35.5. The number of thioether (sulfide) groups is 1. The molecule has 6 heteroatoms. The number of hydrogen-bond acceptors (Lipinski definition) is 5. The molecule has 2 N–H and O–H groups in total. The molecule has 0 bridgehead atoms. The Kier molecular flexibility index (Phi) is 4.84. The van der Waals surface area contributed by atoms with Gasteiger partial charge in [0, 0.05) is 12.8 Å². The summed E-state index contributed by atoms with van der Waals surface area (Å²) in [7, 11) is 0. The minimum atomic E-state index is 0.322. The molecule has 0 saturated carbocycles. The highest BCUT2D eigenvalue weighted by molar-refractivity contribution is 7.98. The molecule has 0 aliphatic rings. The summed E-state index contributed by atoms with van der Waals surface area (Å²) in [6.45, 7) is 2.87. The summed E-state index contributed by atoms with van der Waals surface area (Å²) >= 11 is 7.36. The summed E-state index contributed by atoms with van der Waals surface area (Å²) in [5.41, 5.74) is 0.544. The molecule has 1 aromatic rings. The van der Waals surface area contributed by atoms with Gasteiger partial charge in [0.1, 0.15) is 11.0 Å². The lowest BCUT2D eigenvalue weighted by Crippen LogP contribution is -2.07. The van der Waals surface area contributed by atoms with Gasteiger partial charge in [0.05, 0.1) is 5.56 Å². The first-order chi connectivity index (χ1) is 7.22. The number of aromatic nitrogens is 2. The van der Waals surface area contributed by atoms with Crippen LogP contribution in [0, 0.1) is 5.41 Å². The van der Waals surface area contributed by atoms with Crippen LogP contribution < -0.4 is 5.32 Å². The van der Waals surface area contributed by atoms with E-state index in [0.717, 1.165) is 13.0 Å². The van der Waals surface area contributed by atoms with Crippen molar-refractivity contribution >= 4 is 35.4 Å². The first kappa shape index (κ1) is 12.3. The fourth-order valence-electron chi connectivity index (χ4n) is 1.02. The summed E-state index contributed by atoms with van der Waals surface area (Å²) < 4.78 is 0. The molecule has 0 spiro atoms. The van der Waals surface area contributed by atoms with Gasteiger partial charge in [-0.2, -0.15) is 0 Å². The molecular formula is C9H13ClN4S. The predicted molar refractivity (Wildman–Crippen MR) is 65.5 cm³/mol. The van der Waals surface area contributed by atoms with E-state index in [0.29, 0.717) is 21.7 Å². The molecule has 1 rings (SSSR count). The molecule has 1 heterocycles. The van der Waals surface area contributed by atoms with Crippen LogP contribution in [0.25, 0.3) is 0 Å². The Morgan fingerprint density at radius 3 is 2.80 bits per heavy atom. The Balaban J connectivity index is 3.07. The average Bonchev–Trinajstić information content (AvgIpc) is 2.25. The van der Waals surface area contributed by atoms with Gasteiger partial charge in [0.15, 0.2) is 5.16 Å². The van der Waals surface area contributed by atoms with Crippen molar-refractivity contribution in [3.63, 3.8) is 0 Å². The van der Waals surface area contributed by atoms with Crippen LogP contribution in [0.4, 0.5) is 5.82 Å². The fraction of sp³-hybridized carbons (Fsp3) is 0.444. The van der Waals surface area contributed by atoms with Crippen molar-refractivity contribution < 1.29 is 0 Å². The van der Waals surface area contributed by atoms with Gasteiger partial charge in [-0.15, -0.1) is 0 Å². The molecule has 15 heavy (non-hydrogen) atoms. The third kappa shape index (κ3) is 3.07. The quantitative estimate of drug-likeness (QED) is 0.362. The van der Waals surface area contributed by atoms with E-state index in [1.807, 2.05) is 6.26 Å². The number of nitrogens with zero attached hydrogens (tertiary/aromatic N) is 2. The van der Waals surface area contributed by atoms with Gasteiger partial charge < -0.3 is 10.7 Å². The van der Waals surface area contributed by atoms with E-state index in [4.69, 9.17) is 17.0 Å². The van der Waals surface area contributed by atoms with Crippen LogP contribution >= 0.6 is 23.4 Å². The Labute approximate surface area is 98.4 Å². The van der Waals surface area contributed by atoms with Crippen molar-refractivity contribution in [3.05, 3.63) is 10.7 Å². The van der Waals surface area contributed by atoms with Gasteiger partial charge in [-0.05, 0) is 12.7 Å². The molecule has 4 nitrogen and oxygen atoms in total. The van der Waals surface area contributed by atoms with Crippen LogP contribution in [0.5, 0.6) is 0 Å². The summed E-state index contributed by atoms with van der Waals surface area (Å²) in [4.78, 5) is 8.32. The van der Waals surface area contributed by atoms with E-state index in [-0.39, 0.29) is 0 Å². The molecule has 0 aromatic carbocycles. The maximum absolute atomic E-state index is 7.25. The Hall–Kier alpha value is -0.810. The molecular weight excluding hydrogens is 232 g/mol. The smallest absolute Gasteiger partial charge is 0.190 e. The van der Waals surface area contributed by atoms with Crippen LogP contribution in [0.1, 0.15) is 18.9 Å². The first-order valence-corrected chi connectivity index (χ1v) is 6.19. The van der Waals surface area contributed by atoms with Crippen molar-refractivity contribution in [1.29, 1.82) is 5.41 Å². The van der Waals surface area contributed by atoms with E-state index in [2.05, 4.69) is 22.2 Å². The Bertz CT molecular complexity index is 356. The molecule has 0 saturated heterocycles. The van der Waals surface area contributed by atoms with Crippen molar-refractivity contribution in [1.82, 2.24) is 9.97 Å². The van der Waals surface area contributed by atoms with Gasteiger partial charge in [0.2, 0.25) is 0 Å². The average molecular weight is 245 g/mol. The van der Waals surface area contributed by atoms with E-state index >= 15 is 0 Å². The lowest BCUT2D eigenvalue weighted by atomic mass is 10.3. The monoisotopic (exact) mass is 244 g/mol. The standard InChI is InChI=1S/C9H13ClN4S/c1-3-4-12-8-6(5-11)7(10)13-9(14-8)15-2/h5,11H,3-4H2,1-2H3,(H,12,13,14). The number of rotatable bonds is 5. The minimum Gasteiger partial charge on any atom is -0.369 e. The highest BCUT2D eigenvalue weighted by Gasteiger charge is 2.10. The number of hydrogen-bond donors (Lipinski definition) is 2. The van der Waals surface area contributed by atoms with Gasteiger partial charge in [-0.1, -0.05) is 30.3 Å². The largest absolute Gasteiger partial charge is 0.369 e. The van der Waals surface area contributed by atoms with Gasteiger partial charge in [0.25, 0.3) is 0 Å². The van der Waals surface area contributed by atoms with E-state index < -0.39 is 0 Å². The SMILES string of the molecule is CCCNc1nc(SC)nc(Cl)c1C=N. The number of nitrogens with one attached hydrogen (secondary N) is 2. The maximum Gasteiger partial charge on any atom is 0.190 e.